The number of aryl methyl sites for hydroxylation is 1. The molecule has 9 heteroatoms. The van der Waals surface area contributed by atoms with Crippen LogP contribution in [0.4, 0.5) is 5.82 Å². The largest absolute Gasteiger partial charge is 0.390 e. The minimum atomic E-state index is -0.859. The first-order valence-corrected chi connectivity index (χ1v) is 11.4. The van der Waals surface area contributed by atoms with Gasteiger partial charge in [-0.2, -0.15) is 5.10 Å². The van der Waals surface area contributed by atoms with Gasteiger partial charge in [0.05, 0.1) is 23.9 Å². The molecule has 0 amide bonds. The average Bonchev–Trinajstić information content (AvgIpc) is 3.58. The molecule has 0 saturated heterocycles. The number of nitrogens with two attached hydrogens (primary N) is 1. The third kappa shape index (κ3) is 3.49. The molecule has 0 aliphatic heterocycles. The summed E-state index contributed by atoms with van der Waals surface area (Å²) in [5.41, 5.74) is 10.7. The van der Waals surface area contributed by atoms with E-state index in [0.717, 1.165) is 51.5 Å². The van der Waals surface area contributed by atoms with Crippen LogP contribution in [-0.2, 0) is 6.42 Å². The molecule has 5 aromatic rings. The molecule has 0 unspecified atom stereocenters. The predicted octanol–water partition coefficient (Wildman–Crippen LogP) is 2.87. The Bertz CT molecular complexity index is 1460. The van der Waals surface area contributed by atoms with Crippen LogP contribution in [0.5, 0.6) is 0 Å². The molecule has 6 rings (SSSR count). The summed E-state index contributed by atoms with van der Waals surface area (Å²) in [6.45, 7) is 0. The molecule has 1 aliphatic carbocycles. The Morgan fingerprint density at radius 1 is 1.09 bits per heavy atom. The molecule has 1 fully saturated rings. The summed E-state index contributed by atoms with van der Waals surface area (Å²) in [5, 5.41) is 30.7. The topological polar surface area (TPSA) is 139 Å². The highest BCUT2D eigenvalue weighted by Gasteiger charge is 2.42. The highest BCUT2D eigenvalue weighted by molar-refractivity contribution is 5.87. The first-order valence-electron chi connectivity index (χ1n) is 11.4. The second kappa shape index (κ2) is 8.19. The molecule has 172 valence electrons. The molecule has 1 aliphatic rings. The number of aromatic nitrogens is 6. The standard InChI is InChI=1S/C25H25N7O2/c26-22-4-3-15-7-19(18-11-29-30-12-18)14(8-20(15)31-22)1-2-16-9-21(24(34)23(16)33)32-6-5-17-10-27-13-28-25(17)32/h3-8,10-13,16,21,23-24,33-34H,1-2,9H2,(H2,26,31)(H,29,30)/t16-,21+,23+,24-/m0/s1. The van der Waals surface area contributed by atoms with Gasteiger partial charge in [-0.15, -0.1) is 0 Å². The maximum atomic E-state index is 10.9. The van der Waals surface area contributed by atoms with Crippen molar-refractivity contribution in [1.29, 1.82) is 0 Å². The summed E-state index contributed by atoms with van der Waals surface area (Å²) in [7, 11) is 0. The van der Waals surface area contributed by atoms with Gasteiger partial charge in [0.1, 0.15) is 23.9 Å². The number of anilines is 1. The number of nitrogens with zero attached hydrogens (tertiary/aromatic N) is 5. The maximum absolute atomic E-state index is 10.9. The lowest BCUT2D eigenvalue weighted by Crippen LogP contribution is -2.29. The SMILES string of the molecule is Nc1ccc2cc(-c3cn[nH]c3)c(CC[C@H]3C[C@@H](n4ccc5cncnc54)[C@H](O)[C@@H]3O)cc2n1. The summed E-state index contributed by atoms with van der Waals surface area (Å²) < 4.78 is 1.96. The monoisotopic (exact) mass is 455 g/mol. The van der Waals surface area contributed by atoms with Crippen molar-refractivity contribution in [3.8, 4) is 11.1 Å². The number of H-pyrrole nitrogens is 1. The highest BCUT2D eigenvalue weighted by atomic mass is 16.3. The van der Waals surface area contributed by atoms with Crippen molar-refractivity contribution in [2.45, 2.75) is 37.5 Å². The third-order valence-electron chi connectivity index (χ3n) is 7.04. The van der Waals surface area contributed by atoms with Gasteiger partial charge in [-0.1, -0.05) is 0 Å². The number of fused-ring (bicyclic) bond motifs is 2. The van der Waals surface area contributed by atoms with Gasteiger partial charge in [0.2, 0.25) is 0 Å². The van der Waals surface area contributed by atoms with Crippen molar-refractivity contribution in [3.63, 3.8) is 0 Å². The Morgan fingerprint density at radius 2 is 2.00 bits per heavy atom. The number of pyridine rings is 1. The Labute approximate surface area is 195 Å². The van der Waals surface area contributed by atoms with Gasteiger partial charge in [0.15, 0.2) is 0 Å². The van der Waals surface area contributed by atoms with Crippen LogP contribution in [-0.4, -0.2) is 52.1 Å². The normalized spacial score (nSPS) is 22.6. The second-order valence-corrected chi connectivity index (χ2v) is 9.03. The van der Waals surface area contributed by atoms with Crippen molar-refractivity contribution in [2.75, 3.05) is 5.73 Å². The molecule has 0 bridgehead atoms. The lowest BCUT2D eigenvalue weighted by Gasteiger charge is -2.19. The number of nitrogen functional groups attached to an aromatic ring is 1. The molecular weight excluding hydrogens is 430 g/mol. The minimum absolute atomic E-state index is 0.0546. The van der Waals surface area contributed by atoms with Crippen LogP contribution in [0, 0.1) is 5.92 Å². The molecule has 34 heavy (non-hydrogen) atoms. The fourth-order valence-electron chi connectivity index (χ4n) is 5.27. The first kappa shape index (κ1) is 20.8. The Balaban J connectivity index is 1.28. The molecule has 1 aromatic carbocycles. The number of benzene rings is 1. The fraction of sp³-hybridized carbons (Fsp3) is 0.280. The van der Waals surface area contributed by atoms with Crippen LogP contribution >= 0.6 is 0 Å². The zero-order valence-electron chi connectivity index (χ0n) is 18.4. The quantitative estimate of drug-likeness (QED) is 0.320. The van der Waals surface area contributed by atoms with Crippen LogP contribution in [0.1, 0.15) is 24.4 Å². The Kier molecular flexibility index (Phi) is 5.00. The van der Waals surface area contributed by atoms with E-state index < -0.39 is 12.2 Å². The van der Waals surface area contributed by atoms with E-state index in [1.165, 1.54) is 6.33 Å². The maximum Gasteiger partial charge on any atom is 0.143 e. The lowest BCUT2D eigenvalue weighted by molar-refractivity contribution is 0.00546. The van der Waals surface area contributed by atoms with E-state index in [1.54, 1.807) is 18.5 Å². The van der Waals surface area contributed by atoms with E-state index in [-0.39, 0.29) is 12.0 Å². The van der Waals surface area contributed by atoms with Crippen molar-refractivity contribution in [1.82, 2.24) is 29.7 Å². The molecule has 4 heterocycles. The molecule has 5 N–H and O–H groups in total. The van der Waals surface area contributed by atoms with Crippen molar-refractivity contribution >= 4 is 27.8 Å². The van der Waals surface area contributed by atoms with Gasteiger partial charge in [0, 0.05) is 34.9 Å². The lowest BCUT2D eigenvalue weighted by atomic mass is 9.91. The van der Waals surface area contributed by atoms with Crippen LogP contribution in [0.15, 0.2) is 61.4 Å². The minimum Gasteiger partial charge on any atom is -0.390 e. The Morgan fingerprint density at radius 3 is 2.85 bits per heavy atom. The highest BCUT2D eigenvalue weighted by Crippen LogP contribution is 2.40. The van der Waals surface area contributed by atoms with Gasteiger partial charge in [-0.05, 0) is 66.6 Å². The van der Waals surface area contributed by atoms with Gasteiger partial charge in [0.25, 0.3) is 0 Å². The molecular formula is C25H25N7O2. The van der Waals surface area contributed by atoms with Crippen molar-refractivity contribution in [2.24, 2.45) is 5.92 Å². The molecule has 1 saturated carbocycles. The summed E-state index contributed by atoms with van der Waals surface area (Å²) in [6, 6.07) is 9.65. The number of aliphatic hydroxyl groups is 2. The zero-order valence-corrected chi connectivity index (χ0v) is 18.4. The number of nitrogens with one attached hydrogen (secondary N) is 1. The van der Waals surface area contributed by atoms with Gasteiger partial charge < -0.3 is 20.5 Å². The smallest absolute Gasteiger partial charge is 0.143 e. The fourth-order valence-corrected chi connectivity index (χ4v) is 5.27. The van der Waals surface area contributed by atoms with Crippen LogP contribution in [0.2, 0.25) is 0 Å². The van der Waals surface area contributed by atoms with E-state index >= 15 is 0 Å². The van der Waals surface area contributed by atoms with E-state index in [0.29, 0.717) is 12.2 Å². The summed E-state index contributed by atoms with van der Waals surface area (Å²) >= 11 is 0. The van der Waals surface area contributed by atoms with Crippen LogP contribution in [0.25, 0.3) is 33.1 Å². The van der Waals surface area contributed by atoms with Gasteiger partial charge >= 0.3 is 0 Å². The molecule has 9 nitrogen and oxygen atoms in total. The summed E-state index contributed by atoms with van der Waals surface area (Å²) in [4.78, 5) is 12.9. The third-order valence-corrected chi connectivity index (χ3v) is 7.04. The Hall–Kier alpha value is -3.82. The van der Waals surface area contributed by atoms with E-state index in [9.17, 15) is 10.2 Å². The number of rotatable bonds is 5. The first-order chi connectivity index (χ1) is 16.6. The van der Waals surface area contributed by atoms with Crippen LogP contribution < -0.4 is 5.73 Å². The molecule has 0 spiro atoms. The average molecular weight is 456 g/mol. The van der Waals surface area contributed by atoms with E-state index in [4.69, 9.17) is 5.73 Å². The number of aliphatic hydroxyl groups excluding tert-OH is 2. The molecule has 4 aromatic heterocycles. The van der Waals surface area contributed by atoms with Crippen molar-refractivity contribution in [3.05, 3.63) is 67.0 Å². The number of hydrogen-bond acceptors (Lipinski definition) is 7. The zero-order chi connectivity index (χ0) is 23.2. The summed E-state index contributed by atoms with van der Waals surface area (Å²) in [5.74, 6) is 0.426. The second-order valence-electron chi connectivity index (χ2n) is 9.03. The van der Waals surface area contributed by atoms with Crippen LogP contribution in [0.3, 0.4) is 0 Å². The molecule has 4 atom stereocenters. The van der Waals surface area contributed by atoms with E-state index in [2.05, 4.69) is 37.3 Å². The van der Waals surface area contributed by atoms with Crippen molar-refractivity contribution < 1.29 is 10.2 Å². The molecule has 0 radical (unpaired) electrons. The van der Waals surface area contributed by atoms with Gasteiger partial charge in [-0.25, -0.2) is 15.0 Å². The number of hydrogen-bond donors (Lipinski definition) is 4. The predicted molar refractivity (Wildman–Crippen MR) is 129 cm³/mol. The summed E-state index contributed by atoms with van der Waals surface area (Å²) in [6.07, 6.45) is 9.30. The van der Waals surface area contributed by atoms with E-state index in [1.807, 2.05) is 29.1 Å². The van der Waals surface area contributed by atoms with Gasteiger partial charge in [-0.3, -0.25) is 5.10 Å². The number of aromatic amines is 1.